The van der Waals surface area contributed by atoms with E-state index in [1.807, 2.05) is 12.1 Å². The van der Waals surface area contributed by atoms with Crippen molar-refractivity contribution in [2.75, 3.05) is 24.6 Å². The molecule has 0 radical (unpaired) electrons. The molecular formula is C12H16ClNO2. The molecule has 0 aromatic heterocycles. The van der Waals surface area contributed by atoms with Crippen LogP contribution in [0.4, 0.5) is 5.69 Å². The van der Waals surface area contributed by atoms with Gasteiger partial charge in [-0.25, -0.2) is 0 Å². The van der Waals surface area contributed by atoms with Crippen LogP contribution in [0.5, 0.6) is 0 Å². The molecule has 1 atom stereocenters. The standard InChI is InChI=1S/C12H16ClNO2/c1-9-7-14(5-6-16-9)12-4-2-3-11(13)10(12)8-15/h2-4,9,15H,5-8H2,1H3. The molecule has 1 aromatic carbocycles. The Morgan fingerprint density at radius 1 is 1.56 bits per heavy atom. The number of aliphatic hydroxyl groups excluding tert-OH is 1. The monoisotopic (exact) mass is 241 g/mol. The van der Waals surface area contributed by atoms with Gasteiger partial charge in [-0.2, -0.15) is 0 Å². The van der Waals surface area contributed by atoms with Crippen LogP contribution in [0.3, 0.4) is 0 Å². The predicted molar refractivity (Wildman–Crippen MR) is 65.0 cm³/mol. The maximum Gasteiger partial charge on any atom is 0.0722 e. The van der Waals surface area contributed by atoms with E-state index in [4.69, 9.17) is 16.3 Å². The number of aliphatic hydroxyl groups is 1. The Hall–Kier alpha value is -0.770. The first-order chi connectivity index (χ1) is 7.72. The van der Waals surface area contributed by atoms with E-state index in [1.165, 1.54) is 0 Å². The van der Waals surface area contributed by atoms with Crippen molar-refractivity contribution >= 4 is 17.3 Å². The minimum Gasteiger partial charge on any atom is -0.392 e. The van der Waals surface area contributed by atoms with Gasteiger partial charge in [0.15, 0.2) is 0 Å². The van der Waals surface area contributed by atoms with Crippen molar-refractivity contribution < 1.29 is 9.84 Å². The lowest BCUT2D eigenvalue weighted by atomic mass is 10.1. The van der Waals surface area contributed by atoms with Gasteiger partial charge in [-0.05, 0) is 19.1 Å². The zero-order valence-corrected chi connectivity index (χ0v) is 10.1. The molecule has 1 fully saturated rings. The fraction of sp³-hybridized carbons (Fsp3) is 0.500. The number of halogens is 1. The van der Waals surface area contributed by atoms with Crippen LogP contribution < -0.4 is 4.90 Å². The normalized spacial score (nSPS) is 21.2. The lowest BCUT2D eigenvalue weighted by molar-refractivity contribution is 0.0531. The second-order valence-corrected chi connectivity index (χ2v) is 4.43. The van der Waals surface area contributed by atoms with Gasteiger partial charge < -0.3 is 14.7 Å². The van der Waals surface area contributed by atoms with Gasteiger partial charge >= 0.3 is 0 Å². The number of rotatable bonds is 2. The first-order valence-corrected chi connectivity index (χ1v) is 5.85. The molecule has 0 spiro atoms. The molecule has 1 heterocycles. The summed E-state index contributed by atoms with van der Waals surface area (Å²) in [6.07, 6.45) is 0.222. The smallest absolute Gasteiger partial charge is 0.0722 e. The van der Waals surface area contributed by atoms with Crippen molar-refractivity contribution in [2.45, 2.75) is 19.6 Å². The molecule has 1 N–H and O–H groups in total. The van der Waals surface area contributed by atoms with Crippen LogP contribution in [0.2, 0.25) is 5.02 Å². The van der Waals surface area contributed by atoms with E-state index in [0.717, 1.165) is 30.9 Å². The molecule has 16 heavy (non-hydrogen) atoms. The first-order valence-electron chi connectivity index (χ1n) is 5.47. The fourth-order valence-electron chi connectivity index (χ4n) is 2.04. The van der Waals surface area contributed by atoms with Gasteiger partial charge in [0.1, 0.15) is 0 Å². The molecule has 88 valence electrons. The van der Waals surface area contributed by atoms with Gasteiger partial charge in [-0.15, -0.1) is 0 Å². The van der Waals surface area contributed by atoms with Crippen molar-refractivity contribution in [2.24, 2.45) is 0 Å². The molecule has 1 aliphatic rings. The Balaban J connectivity index is 2.28. The molecule has 1 saturated heterocycles. The highest BCUT2D eigenvalue weighted by molar-refractivity contribution is 6.31. The zero-order valence-electron chi connectivity index (χ0n) is 9.32. The summed E-state index contributed by atoms with van der Waals surface area (Å²) in [6, 6.07) is 5.72. The van der Waals surface area contributed by atoms with Crippen molar-refractivity contribution in [1.82, 2.24) is 0 Å². The van der Waals surface area contributed by atoms with Crippen molar-refractivity contribution in [3.05, 3.63) is 28.8 Å². The van der Waals surface area contributed by atoms with Crippen LogP contribution in [0, 0.1) is 0 Å². The van der Waals surface area contributed by atoms with Gasteiger partial charge in [0, 0.05) is 29.4 Å². The van der Waals surface area contributed by atoms with E-state index < -0.39 is 0 Å². The van der Waals surface area contributed by atoms with E-state index in [-0.39, 0.29) is 12.7 Å². The van der Waals surface area contributed by atoms with Gasteiger partial charge in [-0.3, -0.25) is 0 Å². The largest absolute Gasteiger partial charge is 0.392 e. The predicted octanol–water partition coefficient (Wildman–Crippen LogP) is 2.06. The number of hydrogen-bond acceptors (Lipinski definition) is 3. The van der Waals surface area contributed by atoms with Gasteiger partial charge in [0.05, 0.1) is 19.3 Å². The van der Waals surface area contributed by atoms with Gasteiger partial charge in [0.25, 0.3) is 0 Å². The number of anilines is 1. The van der Waals surface area contributed by atoms with Crippen molar-refractivity contribution in [3.8, 4) is 0 Å². The molecule has 0 bridgehead atoms. The summed E-state index contributed by atoms with van der Waals surface area (Å²) in [5.41, 5.74) is 1.82. The number of nitrogens with zero attached hydrogens (tertiary/aromatic N) is 1. The Kier molecular flexibility index (Phi) is 3.69. The summed E-state index contributed by atoms with van der Waals surface area (Å²) < 4.78 is 5.50. The second-order valence-electron chi connectivity index (χ2n) is 4.02. The highest BCUT2D eigenvalue weighted by Gasteiger charge is 2.19. The second kappa shape index (κ2) is 5.04. The van der Waals surface area contributed by atoms with Crippen LogP contribution in [-0.4, -0.2) is 30.9 Å². The van der Waals surface area contributed by atoms with Crippen LogP contribution in [0.1, 0.15) is 12.5 Å². The Labute approximate surface area is 101 Å². The van der Waals surface area contributed by atoms with Crippen molar-refractivity contribution in [1.29, 1.82) is 0 Å². The highest BCUT2D eigenvalue weighted by Crippen LogP contribution is 2.28. The topological polar surface area (TPSA) is 32.7 Å². The van der Waals surface area contributed by atoms with E-state index >= 15 is 0 Å². The summed E-state index contributed by atoms with van der Waals surface area (Å²) >= 11 is 6.07. The fourth-order valence-corrected chi connectivity index (χ4v) is 2.27. The number of benzene rings is 1. The summed E-state index contributed by atoms with van der Waals surface area (Å²) in [6.45, 7) is 4.43. The van der Waals surface area contributed by atoms with Crippen LogP contribution in [-0.2, 0) is 11.3 Å². The SMILES string of the molecule is CC1CN(c2cccc(Cl)c2CO)CCO1. The number of ether oxygens (including phenoxy) is 1. The molecule has 3 nitrogen and oxygen atoms in total. The first kappa shape index (κ1) is 11.7. The van der Waals surface area contributed by atoms with Gasteiger partial charge in [-0.1, -0.05) is 17.7 Å². The Morgan fingerprint density at radius 2 is 2.38 bits per heavy atom. The van der Waals surface area contributed by atoms with E-state index in [9.17, 15) is 5.11 Å². The average molecular weight is 242 g/mol. The van der Waals surface area contributed by atoms with Crippen LogP contribution in [0.25, 0.3) is 0 Å². The Bertz CT molecular complexity index is 370. The molecule has 1 aromatic rings. The molecule has 1 aliphatic heterocycles. The van der Waals surface area contributed by atoms with Gasteiger partial charge in [0.2, 0.25) is 0 Å². The minimum absolute atomic E-state index is 0.0270. The summed E-state index contributed by atoms with van der Waals surface area (Å²) in [4.78, 5) is 2.21. The molecule has 0 amide bonds. The zero-order chi connectivity index (χ0) is 11.5. The quantitative estimate of drug-likeness (QED) is 0.860. The highest BCUT2D eigenvalue weighted by atomic mass is 35.5. The third-order valence-electron chi connectivity index (χ3n) is 2.83. The molecule has 4 heteroatoms. The summed E-state index contributed by atoms with van der Waals surface area (Å²) in [5.74, 6) is 0. The van der Waals surface area contributed by atoms with Crippen molar-refractivity contribution in [3.63, 3.8) is 0 Å². The summed E-state index contributed by atoms with van der Waals surface area (Å²) in [7, 11) is 0. The van der Waals surface area contributed by atoms with Crippen LogP contribution in [0.15, 0.2) is 18.2 Å². The van der Waals surface area contributed by atoms with E-state index in [1.54, 1.807) is 6.07 Å². The van der Waals surface area contributed by atoms with E-state index in [0.29, 0.717) is 5.02 Å². The van der Waals surface area contributed by atoms with Crippen LogP contribution >= 0.6 is 11.6 Å². The number of hydrogen-bond donors (Lipinski definition) is 1. The maximum atomic E-state index is 9.35. The molecule has 0 saturated carbocycles. The average Bonchev–Trinajstić information content (AvgIpc) is 2.28. The third-order valence-corrected chi connectivity index (χ3v) is 3.19. The molecule has 2 rings (SSSR count). The third kappa shape index (κ3) is 2.32. The van der Waals surface area contributed by atoms with E-state index in [2.05, 4.69) is 11.8 Å². The molecule has 0 aliphatic carbocycles. The molecular weight excluding hydrogens is 226 g/mol. The minimum atomic E-state index is -0.0270. The summed E-state index contributed by atoms with van der Waals surface area (Å²) in [5, 5.41) is 9.98. The Morgan fingerprint density at radius 3 is 3.06 bits per heavy atom. The molecule has 1 unspecified atom stereocenters. The number of morpholine rings is 1. The maximum absolute atomic E-state index is 9.35. The lowest BCUT2D eigenvalue weighted by Crippen LogP contribution is -2.41. The lowest BCUT2D eigenvalue weighted by Gasteiger charge is -2.34.